The molecule has 622 valence electrons. The van der Waals surface area contributed by atoms with Crippen LogP contribution in [0.5, 0.6) is 34.5 Å². The fourth-order valence-electron chi connectivity index (χ4n) is 12.0. The van der Waals surface area contributed by atoms with Gasteiger partial charge in [-0.25, -0.2) is 0 Å². The summed E-state index contributed by atoms with van der Waals surface area (Å²) in [6.45, 7) is 47.7. The van der Waals surface area contributed by atoms with Crippen LogP contribution in [-0.4, -0.2) is 48.3 Å². The number of benzene rings is 9. The third-order valence-electron chi connectivity index (χ3n) is 19.4. The van der Waals surface area contributed by atoms with Gasteiger partial charge >= 0.3 is 31.3 Å². The summed E-state index contributed by atoms with van der Waals surface area (Å²) in [4.78, 5) is 4.35. The van der Waals surface area contributed by atoms with E-state index in [9.17, 15) is 63.6 Å². The summed E-state index contributed by atoms with van der Waals surface area (Å²) in [5, 5.41) is 59.7. The summed E-state index contributed by atoms with van der Waals surface area (Å²) in [6.07, 6.45) is 0. The quantitative estimate of drug-likeness (QED) is 0.0478. The fourth-order valence-corrected chi connectivity index (χ4v) is 22.3. The van der Waals surface area contributed by atoms with Crippen molar-refractivity contribution in [3.05, 3.63) is 166 Å². The molecule has 16 bridgehead atoms. The molecule has 0 unspecified atom stereocenters. The number of aromatic hydroxyl groups is 4. The summed E-state index contributed by atoms with van der Waals surface area (Å²) >= 11 is 8.38. The Kier molecular flexibility index (Phi) is 24.6. The van der Waals surface area contributed by atoms with Gasteiger partial charge in [-0.15, -0.1) is 0 Å². The van der Waals surface area contributed by atoms with E-state index >= 15 is 0 Å². The van der Waals surface area contributed by atoms with Crippen LogP contribution in [0.4, 0.5) is 49.1 Å². The van der Waals surface area contributed by atoms with Gasteiger partial charge in [-0.05, 0) is 203 Å². The number of halogens is 6. The lowest BCUT2D eigenvalue weighted by atomic mass is 9.87. The molecule has 6 N–H and O–H groups in total. The standard InChI is InChI=1S/C88H98F6N2O10S10/c1-79(2,3)45-28-55-71(56(29-45)108-60-33-48(82(10,11)12)37-64(74(60)98)112-68-41-51(85(19,20)21)40-67(77(68)105-115(101,102)87(89,90)91)111-63-36-47(81(7,8)9)32-59(107-55)73(63)97)95-53-26-25-27-54(44-53)96-72-57-30-46(80(4,5)6)31-58(72)110-62-35-50(84(16,17)18)39-66(76(62)100)114-70-43-52(86(22,23)24)42-69(78(70)106-116(103,104)88(92,93)94)113-65-38-49(83(13,14)15)34-61(109-57)75(65)99/h25-44,95-100H,1-24H3. The molecule has 2 aliphatic heterocycles. The molecule has 28 heteroatoms. The highest BCUT2D eigenvalue weighted by Gasteiger charge is 2.51. The van der Waals surface area contributed by atoms with E-state index in [1.807, 2.05) is 197 Å². The first-order valence-electron chi connectivity index (χ1n) is 37.2. The number of anilines is 4. The number of hydrogen-bond acceptors (Lipinski definition) is 20. The Morgan fingerprint density at radius 3 is 0.578 bits per heavy atom. The third kappa shape index (κ3) is 20.0. The highest BCUT2D eigenvalue weighted by atomic mass is 32.2. The van der Waals surface area contributed by atoms with Gasteiger partial charge in [0.15, 0.2) is 11.5 Å². The first kappa shape index (κ1) is 90.4. The van der Waals surface area contributed by atoms with Crippen molar-refractivity contribution in [2.24, 2.45) is 0 Å². The highest BCUT2D eigenvalue weighted by molar-refractivity contribution is 8.02. The molecule has 0 aromatic heterocycles. The number of phenols is 4. The van der Waals surface area contributed by atoms with E-state index < -0.39 is 86.1 Å². The number of alkyl halides is 6. The van der Waals surface area contributed by atoms with Gasteiger partial charge in [-0.2, -0.15) is 43.2 Å². The second kappa shape index (κ2) is 31.6. The summed E-state index contributed by atoms with van der Waals surface area (Å²) in [6, 6.07) is 36.5. The Balaban J connectivity index is 1.16. The predicted molar refractivity (Wildman–Crippen MR) is 465 cm³/mol. The van der Waals surface area contributed by atoms with Crippen molar-refractivity contribution in [2.45, 2.75) is 299 Å². The molecule has 2 aliphatic rings. The Labute approximate surface area is 712 Å². The number of hydrogen-bond donors (Lipinski definition) is 6. The second-order valence-electron chi connectivity index (χ2n) is 37.2. The van der Waals surface area contributed by atoms with Crippen LogP contribution in [0.2, 0.25) is 0 Å². The van der Waals surface area contributed by atoms with Crippen molar-refractivity contribution in [1.29, 1.82) is 0 Å². The van der Waals surface area contributed by atoms with E-state index in [1.165, 1.54) is 47.0 Å². The molecule has 0 spiro atoms. The largest absolute Gasteiger partial charge is 0.534 e. The van der Waals surface area contributed by atoms with Crippen molar-refractivity contribution in [2.75, 3.05) is 10.6 Å². The van der Waals surface area contributed by atoms with Crippen LogP contribution in [0.3, 0.4) is 0 Å². The number of fused-ring (bicyclic) bond motifs is 16. The van der Waals surface area contributed by atoms with E-state index in [0.717, 1.165) is 80.4 Å². The van der Waals surface area contributed by atoms with Crippen LogP contribution in [0.1, 0.15) is 211 Å². The Morgan fingerprint density at radius 2 is 0.414 bits per heavy atom. The normalized spacial score (nSPS) is 14.5. The molecule has 9 aromatic carbocycles. The maximum Gasteiger partial charge on any atom is 0.534 e. The van der Waals surface area contributed by atoms with Gasteiger partial charge in [-0.1, -0.05) is 266 Å². The van der Waals surface area contributed by atoms with Gasteiger partial charge in [0.1, 0.15) is 23.0 Å². The lowest BCUT2D eigenvalue weighted by Crippen LogP contribution is -2.28. The van der Waals surface area contributed by atoms with Gasteiger partial charge in [0.05, 0.1) is 70.1 Å². The Morgan fingerprint density at radius 1 is 0.259 bits per heavy atom. The molecule has 2 heterocycles. The van der Waals surface area contributed by atoms with Gasteiger partial charge in [0.25, 0.3) is 0 Å². The average molecular weight is 1780 g/mol. The van der Waals surface area contributed by atoms with Gasteiger partial charge in [0, 0.05) is 31.0 Å². The summed E-state index contributed by atoms with van der Waals surface area (Å²) < 4.78 is 153. The molecular formula is C88H98F6N2O10S10. The highest BCUT2D eigenvalue weighted by Crippen LogP contribution is 2.60. The molecule has 11 rings (SSSR count). The van der Waals surface area contributed by atoms with Crippen LogP contribution in [-0.2, 0) is 63.6 Å². The minimum absolute atomic E-state index is 0.0494. The fraction of sp³-hybridized carbons (Fsp3) is 0.386. The average Bonchev–Trinajstić information content (AvgIpc) is 0.760. The SMILES string of the molecule is CC(C)(C)c1cc2c(O)c(c1)Sc1cc(C(C)(C)C)cc(c1OS(=O)(=O)C(F)(F)F)Sc1cc(C(C)(C)C)cc(c1O)Sc1cc(C(C)(C)C)cc(c1Nc1cccc(Nc3c4cc(C(C)(C)C)cc3Sc3cc(C(C)(C)C)cc(c3O)Sc3cc(C(C)(C)C)cc(c3OS(=O)(=O)C(F)(F)F)Sc3cc(C(C)(C)C)cc(c3O)S4)c1)S2. The maximum atomic E-state index is 14.7. The maximum absolute atomic E-state index is 14.7. The minimum Gasteiger partial charge on any atom is -0.506 e. The topological polar surface area (TPSA) is 192 Å². The molecule has 0 amide bonds. The molecule has 0 saturated carbocycles. The zero-order valence-electron chi connectivity index (χ0n) is 69.1. The zero-order valence-corrected chi connectivity index (χ0v) is 77.3. The Hall–Kier alpha value is -6.34. The molecule has 0 atom stereocenters. The second-order valence-corrected chi connectivity index (χ2v) is 48.9. The van der Waals surface area contributed by atoms with E-state index in [-0.39, 0.29) is 62.2 Å². The van der Waals surface area contributed by atoms with E-state index in [0.29, 0.717) is 73.0 Å². The van der Waals surface area contributed by atoms with Crippen LogP contribution in [0.15, 0.2) is 200 Å². The van der Waals surface area contributed by atoms with E-state index in [4.69, 9.17) is 8.37 Å². The minimum atomic E-state index is -6.33. The summed E-state index contributed by atoms with van der Waals surface area (Å²) in [7, 11) is -12.7. The van der Waals surface area contributed by atoms with Crippen molar-refractivity contribution in [3.8, 4) is 34.5 Å². The molecule has 9 aromatic rings. The van der Waals surface area contributed by atoms with E-state index in [2.05, 4.69) is 52.2 Å². The molecule has 116 heavy (non-hydrogen) atoms. The molecule has 0 fully saturated rings. The molecule has 12 nitrogen and oxygen atoms in total. The Bertz CT molecular complexity index is 5080. The van der Waals surface area contributed by atoms with E-state index in [1.54, 1.807) is 48.5 Å². The van der Waals surface area contributed by atoms with Crippen molar-refractivity contribution < 1.29 is 72.0 Å². The molecule has 0 radical (unpaired) electrons. The van der Waals surface area contributed by atoms with Crippen LogP contribution >= 0.6 is 94.1 Å². The summed E-state index contributed by atoms with van der Waals surface area (Å²) in [5.41, 5.74) is -8.50. The lowest BCUT2D eigenvalue weighted by molar-refractivity contribution is -0.0506. The van der Waals surface area contributed by atoms with Gasteiger partial charge < -0.3 is 39.4 Å². The van der Waals surface area contributed by atoms with Crippen LogP contribution in [0, 0.1) is 0 Å². The van der Waals surface area contributed by atoms with Crippen LogP contribution in [0.25, 0.3) is 0 Å². The summed E-state index contributed by atoms with van der Waals surface area (Å²) in [5.74, 6) is -2.29. The molecule has 0 saturated heterocycles. The zero-order chi connectivity index (χ0) is 86.3. The van der Waals surface area contributed by atoms with Crippen molar-refractivity contribution >= 4 is 137 Å². The number of nitrogens with one attached hydrogen (secondary N) is 2. The number of phenolic OH excluding ortho intramolecular Hbond substituents is 4. The molecule has 0 aliphatic carbocycles. The lowest BCUT2D eigenvalue weighted by Gasteiger charge is -2.28. The van der Waals surface area contributed by atoms with Gasteiger partial charge in [0.2, 0.25) is 0 Å². The number of rotatable bonds is 8. The monoisotopic (exact) mass is 1780 g/mol. The first-order chi connectivity index (χ1) is 52.8. The predicted octanol–water partition coefficient (Wildman–Crippen LogP) is 28.7. The van der Waals surface area contributed by atoms with Crippen LogP contribution < -0.4 is 19.0 Å². The molecular weight excluding hydrogens is 1680 g/mol. The third-order valence-corrected chi connectivity index (χ3v) is 29.8. The first-order valence-corrected chi connectivity index (χ1v) is 46.5. The van der Waals surface area contributed by atoms with Gasteiger partial charge in [-0.3, -0.25) is 0 Å². The van der Waals surface area contributed by atoms with Crippen molar-refractivity contribution in [1.82, 2.24) is 0 Å². The van der Waals surface area contributed by atoms with Crippen molar-refractivity contribution in [3.63, 3.8) is 0 Å². The smallest absolute Gasteiger partial charge is 0.506 e.